The van der Waals surface area contributed by atoms with E-state index in [4.69, 9.17) is 0 Å². The van der Waals surface area contributed by atoms with Crippen LogP contribution in [0.5, 0.6) is 5.75 Å². The van der Waals surface area contributed by atoms with Gasteiger partial charge in [0.25, 0.3) is 0 Å². The van der Waals surface area contributed by atoms with Gasteiger partial charge in [-0.1, -0.05) is 71.9 Å². The lowest BCUT2D eigenvalue weighted by molar-refractivity contribution is 0.101. The van der Waals surface area contributed by atoms with Crippen LogP contribution in [0.4, 0.5) is 0 Å². The van der Waals surface area contributed by atoms with E-state index in [1.54, 1.807) is 6.92 Å². The first-order chi connectivity index (χ1) is 10.9. The molecule has 128 valence electrons. The normalized spacial score (nSPS) is 12.3. The molecule has 0 bridgehead atoms. The van der Waals surface area contributed by atoms with Gasteiger partial charge >= 0.3 is 0 Å². The van der Waals surface area contributed by atoms with Gasteiger partial charge in [0.1, 0.15) is 5.75 Å². The Morgan fingerprint density at radius 1 is 0.875 bits per heavy atom. The molecule has 0 fully saturated rings. The van der Waals surface area contributed by atoms with Crippen LogP contribution in [0.2, 0.25) is 0 Å². The van der Waals surface area contributed by atoms with Gasteiger partial charge in [-0.15, -0.1) is 0 Å². The molecule has 0 aromatic heterocycles. The summed E-state index contributed by atoms with van der Waals surface area (Å²) in [6.45, 7) is 14.4. The fourth-order valence-corrected chi connectivity index (χ4v) is 2.74. The molecule has 2 aromatic carbocycles. The molecule has 0 aliphatic rings. The van der Waals surface area contributed by atoms with E-state index in [-0.39, 0.29) is 16.6 Å². The molecule has 0 saturated carbocycles. The van der Waals surface area contributed by atoms with Crippen LogP contribution in [-0.2, 0) is 10.8 Å². The van der Waals surface area contributed by atoms with Gasteiger partial charge in [0, 0.05) is 16.7 Å². The van der Waals surface area contributed by atoms with Crippen molar-refractivity contribution in [2.45, 2.75) is 59.3 Å². The lowest BCUT2D eigenvalue weighted by Gasteiger charge is -2.27. The Labute approximate surface area is 145 Å². The molecule has 0 unspecified atom stereocenters. The van der Waals surface area contributed by atoms with Gasteiger partial charge in [-0.25, -0.2) is 0 Å². The minimum Gasteiger partial charge on any atom is -0.507 e. The summed E-state index contributed by atoms with van der Waals surface area (Å²) in [5.41, 5.74) is 4.40. The molecular weight excluding hydrogens is 296 g/mol. The molecule has 0 atom stereocenters. The third-order valence-corrected chi connectivity index (χ3v) is 4.39. The van der Waals surface area contributed by atoms with Crippen molar-refractivity contribution in [2.24, 2.45) is 0 Å². The van der Waals surface area contributed by atoms with Gasteiger partial charge in [0.05, 0.1) is 0 Å². The second-order valence-corrected chi connectivity index (χ2v) is 8.55. The van der Waals surface area contributed by atoms with Crippen LogP contribution in [0.3, 0.4) is 0 Å². The highest BCUT2D eigenvalue weighted by atomic mass is 16.3. The van der Waals surface area contributed by atoms with E-state index in [1.807, 2.05) is 24.3 Å². The molecule has 2 heteroatoms. The molecule has 24 heavy (non-hydrogen) atoms. The number of carbonyl (C=O) groups is 1. The van der Waals surface area contributed by atoms with Crippen molar-refractivity contribution in [3.05, 3.63) is 53.1 Å². The zero-order chi connectivity index (χ0) is 18.3. The summed E-state index contributed by atoms with van der Waals surface area (Å²) in [6.07, 6.45) is 0. The van der Waals surface area contributed by atoms with Gasteiger partial charge in [-0.3, -0.25) is 4.79 Å². The number of ketones is 1. The van der Waals surface area contributed by atoms with Crippen molar-refractivity contribution >= 4 is 5.78 Å². The molecule has 0 aliphatic heterocycles. The van der Waals surface area contributed by atoms with E-state index in [9.17, 15) is 9.90 Å². The fourth-order valence-electron chi connectivity index (χ4n) is 2.74. The second-order valence-electron chi connectivity index (χ2n) is 8.55. The maximum Gasteiger partial charge on any atom is 0.159 e. The van der Waals surface area contributed by atoms with E-state index in [1.165, 1.54) is 5.56 Å². The lowest BCUT2D eigenvalue weighted by Crippen LogP contribution is -2.17. The van der Waals surface area contributed by atoms with Crippen molar-refractivity contribution in [3.8, 4) is 16.9 Å². The third-order valence-electron chi connectivity index (χ3n) is 4.39. The summed E-state index contributed by atoms with van der Waals surface area (Å²) >= 11 is 0. The van der Waals surface area contributed by atoms with E-state index < -0.39 is 0 Å². The molecule has 0 aliphatic carbocycles. The van der Waals surface area contributed by atoms with Gasteiger partial charge in [0.2, 0.25) is 0 Å². The summed E-state index contributed by atoms with van der Waals surface area (Å²) in [5, 5.41) is 10.9. The smallest absolute Gasteiger partial charge is 0.159 e. The number of Topliss-reactive ketones (excluding diaryl/α,β-unsaturated/α-hetero) is 1. The molecule has 2 rings (SSSR count). The van der Waals surface area contributed by atoms with Crippen LogP contribution in [-0.4, -0.2) is 10.9 Å². The Kier molecular flexibility index (Phi) is 4.63. The van der Waals surface area contributed by atoms with Crippen LogP contribution in [0.15, 0.2) is 36.4 Å². The minimum atomic E-state index is -0.153. The van der Waals surface area contributed by atoms with E-state index >= 15 is 0 Å². The Hall–Kier alpha value is -2.09. The van der Waals surface area contributed by atoms with Gasteiger partial charge < -0.3 is 5.11 Å². The number of carbonyl (C=O) groups excluding carboxylic acids is 1. The molecule has 2 nitrogen and oxygen atoms in total. The van der Waals surface area contributed by atoms with Crippen LogP contribution < -0.4 is 0 Å². The highest BCUT2D eigenvalue weighted by Crippen LogP contribution is 2.41. The maximum absolute atomic E-state index is 11.5. The summed E-state index contributed by atoms with van der Waals surface area (Å²) in [5.74, 6) is 0.371. The lowest BCUT2D eigenvalue weighted by atomic mass is 9.78. The largest absolute Gasteiger partial charge is 0.507 e. The molecule has 1 N–H and O–H groups in total. The summed E-state index contributed by atoms with van der Waals surface area (Å²) in [6, 6.07) is 11.6. The second kappa shape index (κ2) is 6.08. The molecule has 0 heterocycles. The van der Waals surface area contributed by atoms with E-state index in [0.717, 1.165) is 16.7 Å². The van der Waals surface area contributed by atoms with Crippen LogP contribution >= 0.6 is 0 Å². The standard InChI is InChI=1S/C22H28O2/c1-14(23)15-8-10-16(11-9-15)18-12-17(21(2,3)4)13-19(20(18)24)22(5,6)7/h8-13,24H,1-7H3. The predicted octanol–water partition coefficient (Wildman–Crippen LogP) is 5.86. The Morgan fingerprint density at radius 3 is 1.83 bits per heavy atom. The SMILES string of the molecule is CC(=O)c1ccc(-c2cc(C(C)(C)C)cc(C(C)(C)C)c2O)cc1. The number of phenols is 1. The number of aromatic hydroxyl groups is 1. The molecule has 0 saturated heterocycles. The molecule has 0 amide bonds. The highest BCUT2D eigenvalue weighted by molar-refractivity contribution is 5.94. The number of benzene rings is 2. The monoisotopic (exact) mass is 324 g/mol. The van der Waals surface area contributed by atoms with Crippen LogP contribution in [0, 0.1) is 0 Å². The summed E-state index contributed by atoms with van der Waals surface area (Å²) < 4.78 is 0. The average molecular weight is 324 g/mol. The molecular formula is C22H28O2. The molecule has 0 spiro atoms. The van der Waals surface area contributed by atoms with Crippen molar-refractivity contribution in [1.82, 2.24) is 0 Å². The third kappa shape index (κ3) is 3.69. The fraction of sp³-hybridized carbons (Fsp3) is 0.409. The van der Waals surface area contributed by atoms with Crippen LogP contribution in [0.1, 0.15) is 70.0 Å². The first kappa shape index (κ1) is 18.3. The quantitative estimate of drug-likeness (QED) is 0.703. The number of phenolic OH excluding ortho intramolecular Hbond substituents is 1. The first-order valence-electron chi connectivity index (χ1n) is 8.40. The Morgan fingerprint density at radius 2 is 1.42 bits per heavy atom. The molecule has 0 radical (unpaired) electrons. The summed E-state index contributed by atoms with van der Waals surface area (Å²) in [7, 11) is 0. The van der Waals surface area contributed by atoms with Crippen molar-refractivity contribution < 1.29 is 9.90 Å². The van der Waals surface area contributed by atoms with Crippen molar-refractivity contribution in [2.75, 3.05) is 0 Å². The summed E-state index contributed by atoms with van der Waals surface area (Å²) in [4.78, 5) is 11.5. The van der Waals surface area contributed by atoms with Crippen molar-refractivity contribution in [1.29, 1.82) is 0 Å². The van der Waals surface area contributed by atoms with Gasteiger partial charge in [-0.2, -0.15) is 0 Å². The maximum atomic E-state index is 11.5. The van der Waals surface area contributed by atoms with Crippen LogP contribution in [0.25, 0.3) is 11.1 Å². The van der Waals surface area contributed by atoms with E-state index in [0.29, 0.717) is 11.3 Å². The Balaban J connectivity index is 2.70. The Bertz CT molecular complexity index is 754. The highest BCUT2D eigenvalue weighted by Gasteiger charge is 2.25. The number of rotatable bonds is 2. The minimum absolute atomic E-state index is 0.0121. The number of hydrogen-bond donors (Lipinski definition) is 1. The van der Waals surface area contributed by atoms with Gasteiger partial charge in [-0.05, 0) is 34.9 Å². The zero-order valence-corrected chi connectivity index (χ0v) is 15.8. The zero-order valence-electron chi connectivity index (χ0n) is 15.8. The number of hydrogen-bond acceptors (Lipinski definition) is 2. The van der Waals surface area contributed by atoms with Gasteiger partial charge in [0.15, 0.2) is 5.78 Å². The van der Waals surface area contributed by atoms with E-state index in [2.05, 4.69) is 53.7 Å². The first-order valence-corrected chi connectivity index (χ1v) is 8.40. The average Bonchev–Trinajstić information content (AvgIpc) is 2.45. The predicted molar refractivity (Wildman–Crippen MR) is 101 cm³/mol. The topological polar surface area (TPSA) is 37.3 Å². The molecule has 2 aromatic rings. The van der Waals surface area contributed by atoms with Crippen molar-refractivity contribution in [3.63, 3.8) is 0 Å².